The van der Waals surface area contributed by atoms with Gasteiger partial charge in [0.05, 0.1) is 17.9 Å². The Morgan fingerprint density at radius 1 is 1.38 bits per heavy atom. The maximum absolute atomic E-state index is 14.6. The smallest absolute Gasteiger partial charge is 0.414 e. The number of aryl methyl sites for hydroxylation is 1. The lowest BCUT2D eigenvalue weighted by molar-refractivity contribution is 0.0277. The molecule has 2 atom stereocenters. The van der Waals surface area contributed by atoms with Gasteiger partial charge in [0.25, 0.3) is 0 Å². The van der Waals surface area contributed by atoms with Crippen molar-refractivity contribution >= 4 is 11.8 Å². The molecule has 2 aromatic heterocycles. The van der Waals surface area contributed by atoms with E-state index in [1.54, 1.807) is 36.0 Å². The number of carbonyl (C=O) groups is 1. The summed E-state index contributed by atoms with van der Waals surface area (Å²) < 4.78 is 26.0. The second kappa shape index (κ2) is 6.26. The van der Waals surface area contributed by atoms with Crippen molar-refractivity contribution in [2.45, 2.75) is 19.1 Å². The van der Waals surface area contributed by atoms with Gasteiger partial charge < -0.3 is 18.9 Å². The fourth-order valence-electron chi connectivity index (χ4n) is 2.92. The third kappa shape index (κ3) is 2.72. The average Bonchev–Trinajstić information content (AvgIpc) is 3.35. The zero-order valence-corrected chi connectivity index (χ0v) is 13.7. The van der Waals surface area contributed by atoms with E-state index >= 15 is 0 Å². The molecule has 8 nitrogen and oxygen atoms in total. The lowest BCUT2D eigenvalue weighted by atomic mass is 10.1. The zero-order valence-electron chi connectivity index (χ0n) is 13.7. The summed E-state index contributed by atoms with van der Waals surface area (Å²) in [5, 5.41) is 13.9. The zero-order chi connectivity index (χ0) is 18.3. The number of hydrogen-bond acceptors (Lipinski definition) is 6. The van der Waals surface area contributed by atoms with Gasteiger partial charge in [-0.3, -0.25) is 4.90 Å². The summed E-state index contributed by atoms with van der Waals surface area (Å²) in [6, 6.07) is 5.92. The molecule has 4 rings (SSSR count). The number of aliphatic hydroxyl groups excluding tert-OH is 1. The lowest BCUT2D eigenvalue weighted by Crippen LogP contribution is -2.27. The minimum atomic E-state index is -1.12. The predicted octanol–water partition coefficient (Wildman–Crippen LogP) is 2.37. The second-order valence-corrected chi connectivity index (χ2v) is 5.88. The number of nitrogens with zero attached hydrogens (tertiary/aromatic N) is 4. The SMILES string of the molecule is Cc1nccn1-c1ccc(N2C[C@H](C(O)c3ccon3)OC2=O)cc1F. The monoisotopic (exact) mass is 358 g/mol. The minimum Gasteiger partial charge on any atom is -0.441 e. The molecule has 134 valence electrons. The molecule has 1 saturated heterocycles. The van der Waals surface area contributed by atoms with Crippen molar-refractivity contribution in [2.75, 3.05) is 11.4 Å². The standard InChI is InChI=1S/C17H15FN4O4/c1-10-19-5-6-21(10)14-3-2-11(8-12(14)18)22-9-15(26-17(22)24)16(23)13-4-7-25-20-13/h2-8,15-16,23H,9H2,1H3/t15-,16?/m1/s1. The van der Waals surface area contributed by atoms with Crippen LogP contribution in [0.3, 0.4) is 0 Å². The van der Waals surface area contributed by atoms with Crippen molar-refractivity contribution in [3.63, 3.8) is 0 Å². The van der Waals surface area contributed by atoms with Gasteiger partial charge in [-0.25, -0.2) is 14.2 Å². The van der Waals surface area contributed by atoms with Crippen LogP contribution in [0.5, 0.6) is 0 Å². The number of rotatable bonds is 4. The van der Waals surface area contributed by atoms with Gasteiger partial charge in [0, 0.05) is 18.5 Å². The molecular formula is C17H15FN4O4. The molecule has 1 aromatic carbocycles. The summed E-state index contributed by atoms with van der Waals surface area (Å²) in [7, 11) is 0. The predicted molar refractivity (Wildman–Crippen MR) is 87.3 cm³/mol. The Balaban J connectivity index is 1.57. The van der Waals surface area contributed by atoms with E-state index in [0.717, 1.165) is 0 Å². The molecule has 1 unspecified atom stereocenters. The molecule has 1 aliphatic rings. The van der Waals surface area contributed by atoms with E-state index < -0.39 is 24.1 Å². The maximum atomic E-state index is 14.6. The number of cyclic esters (lactones) is 1. The van der Waals surface area contributed by atoms with Crippen LogP contribution >= 0.6 is 0 Å². The lowest BCUT2D eigenvalue weighted by Gasteiger charge is -2.16. The van der Waals surface area contributed by atoms with E-state index in [4.69, 9.17) is 4.74 Å². The summed E-state index contributed by atoms with van der Waals surface area (Å²) >= 11 is 0. The van der Waals surface area contributed by atoms with Crippen LogP contribution in [0.15, 0.2) is 47.4 Å². The molecule has 0 radical (unpaired) electrons. The fraction of sp³-hybridized carbons (Fsp3) is 0.235. The van der Waals surface area contributed by atoms with Crippen molar-refractivity contribution in [1.29, 1.82) is 0 Å². The Morgan fingerprint density at radius 3 is 2.88 bits per heavy atom. The van der Waals surface area contributed by atoms with Crippen molar-refractivity contribution in [2.24, 2.45) is 0 Å². The van der Waals surface area contributed by atoms with Gasteiger partial charge >= 0.3 is 6.09 Å². The first-order valence-electron chi connectivity index (χ1n) is 7.91. The third-order valence-corrected chi connectivity index (χ3v) is 4.28. The molecule has 1 aliphatic heterocycles. The Kier molecular flexibility index (Phi) is 3.92. The molecule has 0 saturated carbocycles. The normalized spacial score (nSPS) is 18.2. The van der Waals surface area contributed by atoms with Crippen LogP contribution in [0, 0.1) is 12.7 Å². The number of imidazole rings is 1. The first kappa shape index (κ1) is 16.3. The number of halogens is 1. The summed E-state index contributed by atoms with van der Waals surface area (Å²) in [5.74, 6) is 0.143. The largest absolute Gasteiger partial charge is 0.441 e. The molecule has 1 fully saturated rings. The van der Waals surface area contributed by atoms with E-state index in [9.17, 15) is 14.3 Å². The average molecular weight is 358 g/mol. The van der Waals surface area contributed by atoms with E-state index in [1.165, 1.54) is 23.3 Å². The van der Waals surface area contributed by atoms with E-state index in [0.29, 0.717) is 17.2 Å². The Morgan fingerprint density at radius 2 is 2.23 bits per heavy atom. The number of amides is 1. The number of carbonyl (C=O) groups excluding carboxylic acids is 1. The molecule has 1 amide bonds. The first-order valence-corrected chi connectivity index (χ1v) is 7.91. The molecule has 0 spiro atoms. The van der Waals surface area contributed by atoms with Gasteiger partial charge in [0.2, 0.25) is 0 Å². The number of anilines is 1. The highest BCUT2D eigenvalue weighted by Gasteiger charge is 2.38. The summed E-state index contributed by atoms with van der Waals surface area (Å²) in [5.41, 5.74) is 0.932. The van der Waals surface area contributed by atoms with Gasteiger partial charge in [-0.05, 0) is 25.1 Å². The molecule has 0 aliphatic carbocycles. The minimum absolute atomic E-state index is 0.0652. The summed E-state index contributed by atoms with van der Waals surface area (Å²) in [6.07, 6.45) is 1.94. The van der Waals surface area contributed by atoms with Crippen LogP contribution in [0.4, 0.5) is 14.9 Å². The molecule has 1 N–H and O–H groups in total. The summed E-state index contributed by atoms with van der Waals surface area (Å²) in [4.78, 5) is 17.5. The fourth-order valence-corrected chi connectivity index (χ4v) is 2.92. The van der Waals surface area contributed by atoms with Crippen molar-refractivity contribution in [3.8, 4) is 5.69 Å². The highest BCUT2D eigenvalue weighted by Crippen LogP contribution is 2.29. The Labute approximate surface area is 147 Å². The van der Waals surface area contributed by atoms with Crippen molar-refractivity contribution in [1.82, 2.24) is 14.7 Å². The van der Waals surface area contributed by atoms with Gasteiger partial charge in [-0.1, -0.05) is 5.16 Å². The molecule has 9 heteroatoms. The number of aliphatic hydroxyl groups is 1. The number of hydrogen-bond donors (Lipinski definition) is 1. The Bertz CT molecular complexity index is 940. The molecular weight excluding hydrogens is 343 g/mol. The third-order valence-electron chi connectivity index (χ3n) is 4.28. The van der Waals surface area contributed by atoms with Gasteiger partial charge in [0.15, 0.2) is 6.10 Å². The molecule has 26 heavy (non-hydrogen) atoms. The van der Waals surface area contributed by atoms with Gasteiger partial charge in [0.1, 0.15) is 29.7 Å². The van der Waals surface area contributed by atoms with Crippen molar-refractivity contribution in [3.05, 3.63) is 60.3 Å². The number of aromatic nitrogens is 3. The summed E-state index contributed by atoms with van der Waals surface area (Å²) in [6.45, 7) is 1.83. The van der Waals surface area contributed by atoms with Crippen LogP contribution in [0.1, 0.15) is 17.6 Å². The number of ether oxygens (including phenoxy) is 1. The van der Waals surface area contributed by atoms with E-state index in [2.05, 4.69) is 14.7 Å². The number of benzene rings is 1. The second-order valence-electron chi connectivity index (χ2n) is 5.88. The van der Waals surface area contributed by atoms with Crippen LogP contribution in [-0.4, -0.2) is 38.6 Å². The molecule has 3 aromatic rings. The highest BCUT2D eigenvalue weighted by molar-refractivity contribution is 5.90. The first-order chi connectivity index (χ1) is 12.5. The maximum Gasteiger partial charge on any atom is 0.414 e. The van der Waals surface area contributed by atoms with Crippen LogP contribution in [-0.2, 0) is 4.74 Å². The topological polar surface area (TPSA) is 93.6 Å². The quantitative estimate of drug-likeness (QED) is 0.770. The van der Waals surface area contributed by atoms with Crippen LogP contribution in [0.2, 0.25) is 0 Å². The Hall–Kier alpha value is -3.20. The molecule has 3 heterocycles. The van der Waals surface area contributed by atoms with Crippen LogP contribution < -0.4 is 4.90 Å². The van der Waals surface area contributed by atoms with Gasteiger partial charge in [-0.2, -0.15) is 0 Å². The molecule has 0 bridgehead atoms. The highest BCUT2D eigenvalue weighted by atomic mass is 19.1. The van der Waals surface area contributed by atoms with E-state index in [1.807, 2.05) is 0 Å². The van der Waals surface area contributed by atoms with Crippen LogP contribution in [0.25, 0.3) is 5.69 Å². The van der Waals surface area contributed by atoms with E-state index in [-0.39, 0.29) is 12.2 Å². The van der Waals surface area contributed by atoms with Gasteiger partial charge in [-0.15, -0.1) is 0 Å². The van der Waals surface area contributed by atoms with Crippen molar-refractivity contribution < 1.29 is 23.6 Å².